The Bertz CT molecular complexity index is 1400. The molecule has 0 spiro atoms. The van der Waals surface area contributed by atoms with E-state index in [4.69, 9.17) is 14.7 Å². The average Bonchev–Trinajstić information content (AvgIpc) is 3.40. The van der Waals surface area contributed by atoms with E-state index >= 15 is 0 Å². The van der Waals surface area contributed by atoms with Crippen molar-refractivity contribution in [1.82, 2.24) is 29.5 Å². The van der Waals surface area contributed by atoms with Crippen LogP contribution >= 0.6 is 0 Å². The number of fused-ring (bicyclic) bond motifs is 1. The number of hydrogen-bond donors (Lipinski definition) is 3. The molecule has 2 aliphatic rings. The molecular weight excluding hydrogens is 440 g/mol. The molecule has 34 heavy (non-hydrogen) atoms. The smallest absolute Gasteiger partial charge is 0.410 e. The third-order valence-electron chi connectivity index (χ3n) is 5.62. The van der Waals surface area contributed by atoms with Crippen molar-refractivity contribution < 1.29 is 14.6 Å². The fourth-order valence-corrected chi connectivity index (χ4v) is 3.79. The van der Waals surface area contributed by atoms with E-state index in [9.17, 15) is 14.7 Å². The number of aromatic hydroxyl groups is 1. The minimum atomic E-state index is -0.535. The summed E-state index contributed by atoms with van der Waals surface area (Å²) in [5, 5.41) is 15.0. The van der Waals surface area contributed by atoms with Crippen LogP contribution in [-0.2, 0) is 4.74 Å². The van der Waals surface area contributed by atoms with Crippen molar-refractivity contribution in [3.05, 3.63) is 39.1 Å². The minimum absolute atomic E-state index is 0.248. The van der Waals surface area contributed by atoms with E-state index in [2.05, 4.69) is 20.0 Å². The van der Waals surface area contributed by atoms with Crippen LogP contribution in [0.3, 0.4) is 0 Å². The molecule has 1 amide bonds. The van der Waals surface area contributed by atoms with Crippen molar-refractivity contribution in [3.8, 4) is 5.88 Å². The lowest BCUT2D eigenvalue weighted by molar-refractivity contribution is 0.0240. The molecule has 3 N–H and O–H groups in total. The van der Waals surface area contributed by atoms with Gasteiger partial charge < -0.3 is 24.6 Å². The summed E-state index contributed by atoms with van der Waals surface area (Å²) in [6, 6.07) is 2.20. The van der Waals surface area contributed by atoms with Crippen LogP contribution in [0.5, 0.6) is 5.88 Å². The predicted molar refractivity (Wildman–Crippen MR) is 123 cm³/mol. The summed E-state index contributed by atoms with van der Waals surface area (Å²) in [6.07, 6.45) is 5.03. The van der Waals surface area contributed by atoms with Gasteiger partial charge in [0.2, 0.25) is 5.88 Å². The molecule has 12 heteroatoms. The van der Waals surface area contributed by atoms with Crippen molar-refractivity contribution in [2.75, 3.05) is 31.1 Å². The molecule has 1 aliphatic carbocycles. The number of anilines is 1. The molecule has 180 valence electrons. The Hall–Kier alpha value is -3.83. The van der Waals surface area contributed by atoms with Crippen molar-refractivity contribution in [1.29, 1.82) is 0 Å². The maximum Gasteiger partial charge on any atom is 0.410 e. The highest BCUT2D eigenvalue weighted by Gasteiger charge is 2.27. The first kappa shape index (κ1) is 22.0. The van der Waals surface area contributed by atoms with E-state index in [1.54, 1.807) is 21.7 Å². The quantitative estimate of drug-likeness (QED) is 0.495. The molecule has 3 aromatic heterocycles. The SMILES string of the molecule is CC(C)(C)OC(=O)N1CCN(c2cc(=NC3CC3)n3nc/c(=C\c4[nH]c(=O)[nH]c4O)c3n2)CC1. The fourth-order valence-electron chi connectivity index (χ4n) is 3.79. The predicted octanol–water partition coefficient (Wildman–Crippen LogP) is 0.119. The number of imidazole rings is 1. The molecule has 0 bridgehead atoms. The Morgan fingerprint density at radius 2 is 1.97 bits per heavy atom. The summed E-state index contributed by atoms with van der Waals surface area (Å²) < 4.78 is 7.17. The minimum Gasteiger partial charge on any atom is -0.493 e. The Balaban J connectivity index is 1.48. The number of nitrogens with zero attached hydrogens (tertiary/aromatic N) is 6. The van der Waals surface area contributed by atoms with Crippen molar-refractivity contribution in [2.45, 2.75) is 45.3 Å². The van der Waals surface area contributed by atoms with E-state index < -0.39 is 11.3 Å². The third kappa shape index (κ3) is 4.61. The molecule has 4 heterocycles. The van der Waals surface area contributed by atoms with E-state index in [0.717, 1.165) is 18.7 Å². The zero-order chi connectivity index (χ0) is 24.0. The van der Waals surface area contributed by atoms with Gasteiger partial charge in [-0.05, 0) is 39.7 Å². The van der Waals surface area contributed by atoms with Gasteiger partial charge in [-0.3, -0.25) is 9.98 Å². The monoisotopic (exact) mass is 468 g/mol. The van der Waals surface area contributed by atoms with Gasteiger partial charge in [0.25, 0.3) is 0 Å². The van der Waals surface area contributed by atoms with Gasteiger partial charge in [0, 0.05) is 37.5 Å². The van der Waals surface area contributed by atoms with Crippen LogP contribution in [0.2, 0.25) is 0 Å². The highest BCUT2D eigenvalue weighted by atomic mass is 16.6. The molecule has 0 radical (unpaired) electrons. The summed E-state index contributed by atoms with van der Waals surface area (Å²) in [4.78, 5) is 42.2. The van der Waals surface area contributed by atoms with Crippen LogP contribution in [0.25, 0.3) is 11.7 Å². The molecule has 5 rings (SSSR count). The van der Waals surface area contributed by atoms with E-state index in [1.807, 2.05) is 26.8 Å². The summed E-state index contributed by atoms with van der Waals surface area (Å²) >= 11 is 0. The Morgan fingerprint density at radius 1 is 1.24 bits per heavy atom. The lowest BCUT2D eigenvalue weighted by Crippen LogP contribution is -2.50. The standard InChI is InChI=1S/C22H28N8O4/c1-22(2,3)34-21(33)29-8-6-28(7-9-29)16-11-17(24-14-4-5-14)30-18(26-16)13(12-23-30)10-15-19(31)27-20(32)25-15/h10-12,14,31H,4-9H2,1-3H3,(H2,25,27,32)/b13-10+,24-17?. The number of ether oxygens (including phenoxy) is 1. The number of H-pyrrole nitrogens is 2. The number of amides is 1. The molecule has 1 saturated heterocycles. The number of aromatic nitrogens is 5. The number of rotatable bonds is 3. The van der Waals surface area contributed by atoms with Gasteiger partial charge in [-0.2, -0.15) is 9.61 Å². The fraction of sp³-hybridized carbons (Fsp3) is 0.500. The number of aromatic amines is 2. The zero-order valence-electron chi connectivity index (χ0n) is 19.4. The number of hydrogen-bond acceptors (Lipinski definition) is 8. The third-order valence-corrected chi connectivity index (χ3v) is 5.62. The first-order valence-corrected chi connectivity index (χ1v) is 11.3. The summed E-state index contributed by atoms with van der Waals surface area (Å²) in [7, 11) is 0. The summed E-state index contributed by atoms with van der Waals surface area (Å²) in [6.45, 7) is 7.81. The number of carbonyl (C=O) groups is 1. The largest absolute Gasteiger partial charge is 0.493 e. The molecule has 0 aromatic carbocycles. The Morgan fingerprint density at radius 3 is 2.59 bits per heavy atom. The molecule has 12 nitrogen and oxygen atoms in total. The number of piperazine rings is 1. The first-order chi connectivity index (χ1) is 16.2. The van der Waals surface area contributed by atoms with Gasteiger partial charge in [-0.1, -0.05) is 0 Å². The maximum atomic E-state index is 12.4. The van der Waals surface area contributed by atoms with Crippen LogP contribution in [0.4, 0.5) is 10.6 Å². The van der Waals surface area contributed by atoms with Crippen LogP contribution < -0.4 is 21.3 Å². The normalized spacial score (nSPS) is 18.2. The van der Waals surface area contributed by atoms with Crippen molar-refractivity contribution in [2.24, 2.45) is 4.99 Å². The van der Waals surface area contributed by atoms with Crippen LogP contribution in [0.1, 0.15) is 39.3 Å². The van der Waals surface area contributed by atoms with Gasteiger partial charge in [-0.25, -0.2) is 14.6 Å². The van der Waals surface area contributed by atoms with Gasteiger partial charge >= 0.3 is 11.8 Å². The second kappa shape index (κ2) is 8.19. The van der Waals surface area contributed by atoms with Gasteiger partial charge in [0.1, 0.15) is 17.1 Å². The summed E-state index contributed by atoms with van der Waals surface area (Å²) in [5.41, 5.74) is 0.476. The van der Waals surface area contributed by atoms with Crippen molar-refractivity contribution >= 4 is 23.6 Å². The van der Waals surface area contributed by atoms with Crippen LogP contribution in [-0.4, -0.2) is 78.5 Å². The molecule has 0 unspecified atom stereocenters. The van der Waals surface area contributed by atoms with Crippen molar-refractivity contribution in [3.63, 3.8) is 0 Å². The lowest BCUT2D eigenvalue weighted by atomic mass is 10.2. The van der Waals surface area contributed by atoms with Gasteiger partial charge in [0.15, 0.2) is 11.1 Å². The average molecular weight is 469 g/mol. The van der Waals surface area contributed by atoms with Gasteiger partial charge in [0.05, 0.1) is 12.2 Å². The van der Waals surface area contributed by atoms with Crippen LogP contribution in [0, 0.1) is 0 Å². The molecule has 0 atom stereocenters. The number of nitrogens with one attached hydrogen (secondary N) is 2. The van der Waals surface area contributed by atoms with Gasteiger partial charge in [-0.15, -0.1) is 0 Å². The molecular formula is C22H28N8O4. The second-order valence-electron chi connectivity index (χ2n) is 9.61. The molecule has 2 fully saturated rings. The molecule has 1 aliphatic heterocycles. The zero-order valence-corrected chi connectivity index (χ0v) is 19.4. The lowest BCUT2D eigenvalue weighted by Gasteiger charge is -2.36. The molecule has 1 saturated carbocycles. The van der Waals surface area contributed by atoms with E-state index in [0.29, 0.717) is 42.5 Å². The van der Waals surface area contributed by atoms with Crippen LogP contribution in [0.15, 0.2) is 22.1 Å². The second-order valence-corrected chi connectivity index (χ2v) is 9.61. The number of carbonyl (C=O) groups excluding carboxylic acids is 1. The summed E-state index contributed by atoms with van der Waals surface area (Å²) in [5.74, 6) is 0.485. The van der Waals surface area contributed by atoms with E-state index in [1.165, 1.54) is 0 Å². The highest BCUT2D eigenvalue weighted by Crippen LogP contribution is 2.23. The van der Waals surface area contributed by atoms with E-state index in [-0.39, 0.29) is 23.7 Å². The topological polar surface area (TPSA) is 144 Å². The maximum absolute atomic E-state index is 12.4. The highest BCUT2D eigenvalue weighted by molar-refractivity contribution is 5.68. The molecule has 3 aromatic rings. The Kier molecular flexibility index (Phi) is 5.29. The first-order valence-electron chi connectivity index (χ1n) is 11.3. The Labute approximate surface area is 194 Å².